The average molecular weight is 274 g/mol. The van der Waals surface area contributed by atoms with Crippen LogP contribution in [0.15, 0.2) is 54.7 Å². The summed E-state index contributed by atoms with van der Waals surface area (Å²) >= 11 is 6.29. The van der Waals surface area contributed by atoms with Crippen molar-refractivity contribution in [1.82, 2.24) is 4.98 Å². The van der Waals surface area contributed by atoms with Crippen LogP contribution < -0.4 is 4.90 Å². The molecule has 3 nitrogen and oxygen atoms in total. The SMILES string of the molecule is CC(=O)N([C](Cl)Cc1ccccc1)c1ccccn1. The number of amides is 1. The Hall–Kier alpha value is -1.87. The summed E-state index contributed by atoms with van der Waals surface area (Å²) in [5.41, 5.74) is 1.49. The fourth-order valence-corrected chi connectivity index (χ4v) is 2.15. The van der Waals surface area contributed by atoms with Gasteiger partial charge in [0.15, 0.2) is 5.50 Å². The third kappa shape index (κ3) is 3.55. The monoisotopic (exact) mass is 273 g/mol. The Labute approximate surface area is 117 Å². The van der Waals surface area contributed by atoms with Gasteiger partial charge in [0.25, 0.3) is 0 Å². The maximum absolute atomic E-state index is 11.8. The van der Waals surface area contributed by atoms with Gasteiger partial charge in [-0.15, -0.1) is 0 Å². The summed E-state index contributed by atoms with van der Waals surface area (Å²) in [7, 11) is 0. The molecule has 0 saturated carbocycles. The Kier molecular flexibility index (Phi) is 4.53. The standard InChI is InChI=1S/C15H14ClN2O/c1-12(19)18(15-9-5-6-10-17-15)14(16)11-13-7-3-2-4-8-13/h2-10H,11H2,1H3. The number of nitrogens with zero attached hydrogens (tertiary/aromatic N) is 2. The molecule has 19 heavy (non-hydrogen) atoms. The highest BCUT2D eigenvalue weighted by molar-refractivity contribution is 6.30. The van der Waals surface area contributed by atoms with Crippen molar-refractivity contribution in [1.29, 1.82) is 0 Å². The lowest BCUT2D eigenvalue weighted by atomic mass is 10.1. The number of pyridine rings is 1. The van der Waals surface area contributed by atoms with Crippen LogP contribution in [0.3, 0.4) is 0 Å². The van der Waals surface area contributed by atoms with Gasteiger partial charge in [-0.3, -0.25) is 9.69 Å². The average Bonchev–Trinajstić information content (AvgIpc) is 2.40. The second-order valence-electron chi connectivity index (χ2n) is 4.08. The number of aromatic nitrogens is 1. The molecule has 0 unspecified atom stereocenters. The number of rotatable bonds is 4. The van der Waals surface area contributed by atoms with Gasteiger partial charge in [0.2, 0.25) is 5.91 Å². The van der Waals surface area contributed by atoms with Crippen LogP contribution in [0.2, 0.25) is 0 Å². The van der Waals surface area contributed by atoms with Crippen molar-refractivity contribution >= 4 is 23.3 Å². The zero-order valence-corrected chi connectivity index (χ0v) is 11.3. The summed E-state index contributed by atoms with van der Waals surface area (Å²) in [4.78, 5) is 17.3. The van der Waals surface area contributed by atoms with Crippen molar-refractivity contribution in [2.45, 2.75) is 13.3 Å². The number of carbonyl (C=O) groups excluding carboxylic acids is 1. The van der Waals surface area contributed by atoms with E-state index in [4.69, 9.17) is 11.6 Å². The van der Waals surface area contributed by atoms with Gasteiger partial charge in [0, 0.05) is 19.5 Å². The first-order chi connectivity index (χ1) is 9.18. The predicted octanol–water partition coefficient (Wildman–Crippen LogP) is 3.41. The lowest BCUT2D eigenvalue weighted by molar-refractivity contribution is -0.116. The molecule has 1 aromatic heterocycles. The highest BCUT2D eigenvalue weighted by Crippen LogP contribution is 2.25. The molecule has 2 rings (SSSR count). The molecular weight excluding hydrogens is 260 g/mol. The molecule has 0 atom stereocenters. The van der Waals surface area contributed by atoms with E-state index in [1.807, 2.05) is 36.4 Å². The van der Waals surface area contributed by atoms with E-state index in [0.717, 1.165) is 5.56 Å². The topological polar surface area (TPSA) is 33.2 Å². The largest absolute Gasteiger partial charge is 0.275 e. The van der Waals surface area contributed by atoms with Crippen LogP contribution in [0, 0.1) is 5.50 Å². The van der Waals surface area contributed by atoms with Crippen LogP contribution >= 0.6 is 11.6 Å². The molecule has 0 aliphatic carbocycles. The third-order valence-electron chi connectivity index (χ3n) is 2.63. The lowest BCUT2D eigenvalue weighted by Gasteiger charge is -2.24. The van der Waals surface area contributed by atoms with Crippen molar-refractivity contribution in [2.24, 2.45) is 0 Å². The van der Waals surface area contributed by atoms with E-state index in [0.29, 0.717) is 17.7 Å². The number of benzene rings is 1. The Morgan fingerprint density at radius 1 is 1.16 bits per heavy atom. The Bertz CT molecular complexity index is 530. The van der Waals surface area contributed by atoms with E-state index >= 15 is 0 Å². The highest BCUT2D eigenvalue weighted by atomic mass is 35.5. The van der Waals surface area contributed by atoms with Crippen LogP contribution in [-0.2, 0) is 11.2 Å². The van der Waals surface area contributed by atoms with Crippen molar-refractivity contribution in [3.05, 3.63) is 65.8 Å². The summed E-state index contributed by atoms with van der Waals surface area (Å²) in [5, 5.41) is 0. The van der Waals surface area contributed by atoms with E-state index in [9.17, 15) is 4.79 Å². The van der Waals surface area contributed by atoms with Gasteiger partial charge in [-0.05, 0) is 17.7 Å². The molecule has 1 amide bonds. The molecule has 4 heteroatoms. The van der Waals surface area contributed by atoms with Gasteiger partial charge in [0.1, 0.15) is 5.82 Å². The Morgan fingerprint density at radius 3 is 2.42 bits per heavy atom. The van der Waals surface area contributed by atoms with Gasteiger partial charge >= 0.3 is 0 Å². The number of hydrogen-bond donors (Lipinski definition) is 0. The summed E-state index contributed by atoms with van der Waals surface area (Å²) in [6.45, 7) is 1.47. The normalized spacial score (nSPS) is 10.5. The molecule has 0 N–H and O–H groups in total. The summed E-state index contributed by atoms with van der Waals surface area (Å²) < 4.78 is 0. The minimum absolute atomic E-state index is 0.153. The molecule has 2 aromatic rings. The van der Waals surface area contributed by atoms with Gasteiger partial charge in [-0.25, -0.2) is 4.98 Å². The van der Waals surface area contributed by atoms with Crippen LogP contribution in [0.5, 0.6) is 0 Å². The van der Waals surface area contributed by atoms with Crippen LogP contribution in [-0.4, -0.2) is 10.9 Å². The van der Waals surface area contributed by atoms with Crippen LogP contribution in [0.4, 0.5) is 5.82 Å². The highest BCUT2D eigenvalue weighted by Gasteiger charge is 2.23. The van der Waals surface area contributed by atoms with Crippen molar-refractivity contribution in [2.75, 3.05) is 4.90 Å². The number of halogens is 1. The van der Waals surface area contributed by atoms with Crippen molar-refractivity contribution in [3.8, 4) is 0 Å². The van der Waals surface area contributed by atoms with Crippen LogP contribution in [0.25, 0.3) is 0 Å². The molecule has 0 aliphatic rings. The molecule has 0 bridgehead atoms. The van der Waals surface area contributed by atoms with E-state index in [1.54, 1.807) is 18.3 Å². The smallest absolute Gasteiger partial charge is 0.226 e. The van der Waals surface area contributed by atoms with E-state index in [1.165, 1.54) is 11.8 Å². The molecule has 0 fully saturated rings. The Morgan fingerprint density at radius 2 is 1.84 bits per heavy atom. The molecule has 0 aliphatic heterocycles. The minimum atomic E-state index is -0.153. The predicted molar refractivity (Wildman–Crippen MR) is 76.6 cm³/mol. The van der Waals surface area contributed by atoms with Gasteiger partial charge in [0.05, 0.1) is 0 Å². The first-order valence-electron chi connectivity index (χ1n) is 5.95. The van der Waals surface area contributed by atoms with Gasteiger partial charge in [-0.2, -0.15) is 0 Å². The number of carbonyl (C=O) groups is 1. The Balaban J connectivity index is 2.18. The van der Waals surface area contributed by atoms with Gasteiger partial charge < -0.3 is 0 Å². The molecule has 1 heterocycles. The quantitative estimate of drug-likeness (QED) is 0.800. The van der Waals surface area contributed by atoms with Crippen molar-refractivity contribution in [3.63, 3.8) is 0 Å². The number of anilines is 1. The molecular formula is C15H14ClN2O. The summed E-state index contributed by atoms with van der Waals surface area (Å²) in [5.74, 6) is 0.385. The molecule has 1 radical (unpaired) electrons. The maximum atomic E-state index is 11.8. The van der Waals surface area contributed by atoms with E-state index in [2.05, 4.69) is 4.98 Å². The second-order valence-corrected chi connectivity index (χ2v) is 4.52. The minimum Gasteiger partial charge on any atom is -0.275 e. The zero-order chi connectivity index (χ0) is 13.7. The molecule has 1 aromatic carbocycles. The lowest BCUT2D eigenvalue weighted by Crippen LogP contribution is -2.32. The zero-order valence-electron chi connectivity index (χ0n) is 10.6. The number of hydrogen-bond acceptors (Lipinski definition) is 2. The maximum Gasteiger partial charge on any atom is 0.226 e. The van der Waals surface area contributed by atoms with Crippen LogP contribution in [0.1, 0.15) is 12.5 Å². The van der Waals surface area contributed by atoms with Gasteiger partial charge in [-0.1, -0.05) is 48.0 Å². The first-order valence-corrected chi connectivity index (χ1v) is 6.33. The first kappa shape index (κ1) is 13.6. The summed E-state index contributed by atoms with van der Waals surface area (Å²) in [6.07, 6.45) is 2.14. The molecule has 0 saturated heterocycles. The van der Waals surface area contributed by atoms with E-state index < -0.39 is 0 Å². The van der Waals surface area contributed by atoms with E-state index in [-0.39, 0.29) is 5.91 Å². The summed E-state index contributed by atoms with van der Waals surface area (Å²) in [6, 6.07) is 15.2. The third-order valence-corrected chi connectivity index (χ3v) is 2.93. The van der Waals surface area contributed by atoms with Crippen molar-refractivity contribution < 1.29 is 4.79 Å². The fraction of sp³-hybridized carbons (Fsp3) is 0.133. The molecule has 97 valence electrons. The molecule has 0 spiro atoms. The second kappa shape index (κ2) is 6.34. The fourth-order valence-electron chi connectivity index (χ4n) is 1.79.